The minimum absolute atomic E-state index is 0.124. The van der Waals surface area contributed by atoms with Gasteiger partial charge < -0.3 is 10.6 Å². The van der Waals surface area contributed by atoms with E-state index in [1.165, 1.54) is 24.3 Å². The van der Waals surface area contributed by atoms with Gasteiger partial charge in [-0.2, -0.15) is 13.2 Å². The third kappa shape index (κ3) is 5.13. The number of benzene rings is 2. The van der Waals surface area contributed by atoms with E-state index >= 15 is 0 Å². The molecule has 0 aromatic heterocycles. The second-order valence-electron chi connectivity index (χ2n) is 8.69. The average Bonchev–Trinajstić information content (AvgIpc) is 3.50. The Labute approximate surface area is 185 Å². The molecule has 1 aliphatic heterocycles. The fourth-order valence-corrected chi connectivity index (χ4v) is 4.59. The molecule has 2 N–H and O–H groups in total. The first kappa shape index (κ1) is 22.7. The normalized spacial score (nSPS) is 23.7. The highest BCUT2D eigenvalue weighted by Gasteiger charge is 2.61. The molecule has 0 radical (unpaired) electrons. The summed E-state index contributed by atoms with van der Waals surface area (Å²) in [5.41, 5.74) is 0.0519. The number of alkyl halides is 3. The van der Waals surface area contributed by atoms with Crippen LogP contribution >= 0.6 is 0 Å². The molecule has 0 spiro atoms. The second kappa shape index (κ2) is 9.19. The molecule has 1 aliphatic carbocycles. The maximum absolute atomic E-state index is 13.3. The Morgan fingerprint density at radius 3 is 2.53 bits per heavy atom. The van der Waals surface area contributed by atoms with Gasteiger partial charge in [-0.05, 0) is 42.2 Å². The molecule has 32 heavy (non-hydrogen) atoms. The molecule has 2 aromatic carbocycles. The summed E-state index contributed by atoms with van der Waals surface area (Å²) in [6.45, 7) is 4.19. The van der Waals surface area contributed by atoms with E-state index in [2.05, 4.69) is 15.5 Å². The van der Waals surface area contributed by atoms with Gasteiger partial charge >= 0.3 is 6.18 Å². The van der Waals surface area contributed by atoms with Gasteiger partial charge in [0, 0.05) is 45.2 Å². The van der Waals surface area contributed by atoms with Crippen LogP contribution in [0.25, 0.3) is 0 Å². The number of halogens is 4. The Morgan fingerprint density at radius 1 is 1.12 bits per heavy atom. The number of hydrogen-bond acceptors (Lipinski definition) is 3. The van der Waals surface area contributed by atoms with Crippen molar-refractivity contribution < 1.29 is 22.4 Å². The molecular weight excluding hydrogens is 422 g/mol. The summed E-state index contributed by atoms with van der Waals surface area (Å²) in [5, 5.41) is 6.27. The first-order valence-corrected chi connectivity index (χ1v) is 10.9. The van der Waals surface area contributed by atoms with Crippen LogP contribution in [0.5, 0.6) is 0 Å². The number of nitrogens with zero attached hydrogens (tertiary/aromatic N) is 1. The number of carbonyl (C=O) groups is 1. The Morgan fingerprint density at radius 2 is 1.84 bits per heavy atom. The van der Waals surface area contributed by atoms with Gasteiger partial charge in [-0.25, -0.2) is 4.39 Å². The van der Waals surface area contributed by atoms with Crippen LogP contribution < -0.4 is 10.6 Å². The third-order valence-corrected chi connectivity index (χ3v) is 6.47. The first-order chi connectivity index (χ1) is 15.3. The molecule has 0 bridgehead atoms. The van der Waals surface area contributed by atoms with Crippen LogP contribution in [0.3, 0.4) is 0 Å². The molecular formula is C24H27F4N3O. The van der Waals surface area contributed by atoms with Gasteiger partial charge in [0.15, 0.2) is 0 Å². The highest BCUT2D eigenvalue weighted by Crippen LogP contribution is 2.60. The molecule has 1 amide bonds. The number of amides is 1. The van der Waals surface area contributed by atoms with Gasteiger partial charge in [-0.1, -0.05) is 30.3 Å². The summed E-state index contributed by atoms with van der Waals surface area (Å²) < 4.78 is 52.7. The lowest BCUT2D eigenvalue weighted by Crippen LogP contribution is -2.49. The van der Waals surface area contributed by atoms with Crippen molar-refractivity contribution in [2.24, 2.45) is 5.41 Å². The molecule has 1 saturated heterocycles. The first-order valence-electron chi connectivity index (χ1n) is 10.9. The van der Waals surface area contributed by atoms with Gasteiger partial charge in [0.05, 0.1) is 11.0 Å². The van der Waals surface area contributed by atoms with Crippen LogP contribution in [-0.4, -0.2) is 50.1 Å². The highest BCUT2D eigenvalue weighted by molar-refractivity contribution is 5.87. The van der Waals surface area contributed by atoms with Crippen LogP contribution in [0.2, 0.25) is 0 Å². The van der Waals surface area contributed by atoms with Crippen LogP contribution in [0.15, 0.2) is 48.5 Å². The number of rotatable bonds is 7. The topological polar surface area (TPSA) is 44.4 Å². The third-order valence-electron chi connectivity index (χ3n) is 6.47. The summed E-state index contributed by atoms with van der Waals surface area (Å²) in [7, 11) is 0. The molecule has 2 fully saturated rings. The summed E-state index contributed by atoms with van der Waals surface area (Å²) in [6.07, 6.45) is -3.33. The van der Waals surface area contributed by atoms with Crippen LogP contribution in [0, 0.1) is 11.2 Å². The molecule has 2 unspecified atom stereocenters. The lowest BCUT2D eigenvalue weighted by atomic mass is 9.95. The second-order valence-corrected chi connectivity index (χ2v) is 8.69. The Hall–Kier alpha value is -2.45. The van der Waals surface area contributed by atoms with Gasteiger partial charge in [0.2, 0.25) is 5.91 Å². The van der Waals surface area contributed by atoms with Gasteiger partial charge in [-0.3, -0.25) is 9.69 Å². The van der Waals surface area contributed by atoms with E-state index in [1.807, 2.05) is 0 Å². The predicted molar refractivity (Wildman–Crippen MR) is 114 cm³/mol. The number of carbonyl (C=O) groups excluding carboxylic acids is 1. The molecule has 2 atom stereocenters. The standard InChI is InChI=1S/C24H27F4N3O/c25-20-6-4-17(5-7-20)8-9-30-22(32)23(16-31-12-10-29-11-13-31)15-21(23)18-2-1-3-19(14-18)24(26,27)28/h1-7,14,21,29H,8-13,15-16H2,(H,30,32). The Kier molecular flexibility index (Phi) is 6.53. The minimum atomic E-state index is -4.41. The number of hydrogen-bond donors (Lipinski definition) is 2. The van der Waals surface area contributed by atoms with Crippen LogP contribution in [0.1, 0.15) is 29.0 Å². The van der Waals surface area contributed by atoms with E-state index in [0.29, 0.717) is 31.5 Å². The van der Waals surface area contributed by atoms with Crippen LogP contribution in [0.4, 0.5) is 17.6 Å². The van der Waals surface area contributed by atoms with Gasteiger partial charge in [0.25, 0.3) is 0 Å². The fraction of sp³-hybridized carbons (Fsp3) is 0.458. The maximum Gasteiger partial charge on any atom is 0.416 e. The summed E-state index contributed by atoms with van der Waals surface area (Å²) in [4.78, 5) is 15.5. The quantitative estimate of drug-likeness (QED) is 0.636. The van der Waals surface area contributed by atoms with Crippen molar-refractivity contribution in [3.63, 3.8) is 0 Å². The van der Waals surface area contributed by atoms with Crippen molar-refractivity contribution in [3.05, 3.63) is 71.0 Å². The molecule has 1 heterocycles. The summed E-state index contributed by atoms with van der Waals surface area (Å²) in [5.74, 6) is -0.680. The van der Waals surface area contributed by atoms with Crippen molar-refractivity contribution in [2.75, 3.05) is 39.3 Å². The zero-order valence-electron chi connectivity index (χ0n) is 17.7. The fourth-order valence-electron chi connectivity index (χ4n) is 4.59. The van der Waals surface area contributed by atoms with E-state index in [4.69, 9.17) is 0 Å². The largest absolute Gasteiger partial charge is 0.416 e. The van der Waals surface area contributed by atoms with E-state index in [1.54, 1.807) is 18.2 Å². The Bertz CT molecular complexity index is 941. The van der Waals surface area contributed by atoms with Crippen molar-refractivity contribution in [1.29, 1.82) is 0 Å². The minimum Gasteiger partial charge on any atom is -0.355 e. The molecule has 4 rings (SSSR count). The smallest absolute Gasteiger partial charge is 0.355 e. The highest BCUT2D eigenvalue weighted by atomic mass is 19.4. The molecule has 1 saturated carbocycles. The molecule has 2 aliphatic rings. The van der Waals surface area contributed by atoms with Gasteiger partial charge in [-0.15, -0.1) is 0 Å². The summed E-state index contributed by atoms with van der Waals surface area (Å²) >= 11 is 0. The van der Waals surface area contributed by atoms with Crippen molar-refractivity contribution in [1.82, 2.24) is 15.5 Å². The van der Waals surface area contributed by atoms with Crippen molar-refractivity contribution in [3.8, 4) is 0 Å². The zero-order valence-corrected chi connectivity index (χ0v) is 17.7. The maximum atomic E-state index is 13.3. The van der Waals surface area contributed by atoms with E-state index < -0.39 is 17.2 Å². The van der Waals surface area contributed by atoms with E-state index in [-0.39, 0.29) is 17.6 Å². The molecule has 4 nitrogen and oxygen atoms in total. The molecule has 8 heteroatoms. The van der Waals surface area contributed by atoms with Crippen molar-refractivity contribution in [2.45, 2.75) is 24.9 Å². The molecule has 2 aromatic rings. The lowest BCUT2D eigenvalue weighted by molar-refractivity contribution is -0.137. The number of piperazine rings is 1. The van der Waals surface area contributed by atoms with Crippen molar-refractivity contribution >= 4 is 5.91 Å². The SMILES string of the molecule is O=C(NCCc1ccc(F)cc1)C1(CN2CCNCC2)CC1c1cccc(C(F)(F)F)c1. The molecule has 172 valence electrons. The number of nitrogens with one attached hydrogen (secondary N) is 2. The monoisotopic (exact) mass is 449 g/mol. The van der Waals surface area contributed by atoms with Gasteiger partial charge in [0.1, 0.15) is 5.82 Å². The van der Waals surface area contributed by atoms with E-state index in [9.17, 15) is 22.4 Å². The Balaban J connectivity index is 1.47. The predicted octanol–water partition coefficient (Wildman–Crippen LogP) is 3.58. The summed E-state index contributed by atoms with van der Waals surface area (Å²) in [6, 6.07) is 11.5. The zero-order chi connectivity index (χ0) is 22.8. The average molecular weight is 449 g/mol. The lowest BCUT2D eigenvalue weighted by Gasteiger charge is -2.31. The van der Waals surface area contributed by atoms with E-state index in [0.717, 1.165) is 37.8 Å². The van der Waals surface area contributed by atoms with Crippen LogP contribution in [-0.2, 0) is 17.4 Å².